The zero-order valence-corrected chi connectivity index (χ0v) is 17.3. The van der Waals surface area contributed by atoms with E-state index in [-0.39, 0.29) is 5.91 Å². The maximum atomic E-state index is 12.0. The molecular formula is C23H25N3O4. The van der Waals surface area contributed by atoms with Crippen LogP contribution in [0.3, 0.4) is 0 Å². The Bertz CT molecular complexity index is 993. The van der Waals surface area contributed by atoms with E-state index in [9.17, 15) is 4.79 Å². The Balaban J connectivity index is 1.55. The monoisotopic (exact) mass is 407 g/mol. The van der Waals surface area contributed by atoms with Gasteiger partial charge in [0.1, 0.15) is 12.4 Å². The van der Waals surface area contributed by atoms with Crippen LogP contribution in [0.1, 0.15) is 28.3 Å². The van der Waals surface area contributed by atoms with Crippen molar-refractivity contribution in [1.82, 2.24) is 15.5 Å². The maximum absolute atomic E-state index is 12.0. The fourth-order valence-electron chi connectivity index (χ4n) is 2.86. The summed E-state index contributed by atoms with van der Waals surface area (Å²) >= 11 is 0. The van der Waals surface area contributed by atoms with Crippen LogP contribution in [0.5, 0.6) is 11.5 Å². The first kappa shape index (κ1) is 21.1. The summed E-state index contributed by atoms with van der Waals surface area (Å²) in [5.41, 5.74) is 3.50. The van der Waals surface area contributed by atoms with Gasteiger partial charge in [-0.05, 0) is 49.8 Å². The summed E-state index contributed by atoms with van der Waals surface area (Å²) in [5, 5.41) is 6.78. The number of carbonyl (C=O) groups is 1. The molecule has 0 aliphatic rings. The number of aromatic nitrogens is 2. The number of ether oxygens (including phenoxy) is 2. The van der Waals surface area contributed by atoms with E-state index in [0.717, 1.165) is 28.3 Å². The molecule has 156 valence electrons. The quantitative estimate of drug-likeness (QED) is 0.545. The second-order valence-corrected chi connectivity index (χ2v) is 6.70. The Kier molecular flexibility index (Phi) is 7.21. The Morgan fingerprint density at radius 3 is 2.77 bits per heavy atom. The summed E-state index contributed by atoms with van der Waals surface area (Å²) < 4.78 is 16.5. The van der Waals surface area contributed by atoms with Gasteiger partial charge in [-0.25, -0.2) is 0 Å². The van der Waals surface area contributed by atoms with Crippen molar-refractivity contribution in [2.24, 2.45) is 0 Å². The molecule has 3 aromatic rings. The van der Waals surface area contributed by atoms with Gasteiger partial charge >= 0.3 is 0 Å². The first-order chi connectivity index (χ1) is 14.6. The largest absolute Gasteiger partial charge is 0.493 e. The molecule has 1 amide bonds. The average Bonchev–Trinajstić information content (AvgIpc) is 3.09. The van der Waals surface area contributed by atoms with Crippen LogP contribution in [0.15, 0.2) is 53.2 Å². The number of hydrogen-bond donors (Lipinski definition) is 1. The molecule has 0 bridgehead atoms. The van der Waals surface area contributed by atoms with Crippen molar-refractivity contribution in [3.8, 4) is 11.5 Å². The minimum atomic E-state index is -0.163. The maximum Gasteiger partial charge on any atom is 0.244 e. The SMILES string of the molecule is COc1cc(/C=C/C(=O)NCCc2ccccn2)ccc1OCc1c(C)noc1C. The number of aryl methyl sites for hydroxylation is 2. The average molecular weight is 407 g/mol. The molecule has 2 heterocycles. The van der Waals surface area contributed by atoms with Crippen LogP contribution in [-0.4, -0.2) is 29.7 Å². The zero-order chi connectivity index (χ0) is 21.3. The highest BCUT2D eigenvalue weighted by molar-refractivity contribution is 5.91. The molecule has 0 aliphatic carbocycles. The smallest absolute Gasteiger partial charge is 0.244 e. The van der Waals surface area contributed by atoms with Gasteiger partial charge in [0.15, 0.2) is 11.5 Å². The Morgan fingerprint density at radius 2 is 2.07 bits per heavy atom. The predicted molar refractivity (Wildman–Crippen MR) is 113 cm³/mol. The second kappa shape index (κ2) is 10.2. The lowest BCUT2D eigenvalue weighted by Crippen LogP contribution is -2.23. The van der Waals surface area contributed by atoms with Crippen LogP contribution in [-0.2, 0) is 17.8 Å². The zero-order valence-electron chi connectivity index (χ0n) is 17.3. The van der Waals surface area contributed by atoms with E-state index in [1.165, 1.54) is 6.08 Å². The molecule has 0 saturated carbocycles. The van der Waals surface area contributed by atoms with Gasteiger partial charge in [-0.15, -0.1) is 0 Å². The van der Waals surface area contributed by atoms with Crippen molar-refractivity contribution in [2.75, 3.05) is 13.7 Å². The molecule has 0 unspecified atom stereocenters. The standard InChI is InChI=1S/C23H25N3O4/c1-16-20(17(2)30-26-16)15-29-21-9-7-18(14-22(21)28-3)8-10-23(27)25-13-11-19-6-4-5-12-24-19/h4-10,12,14H,11,13,15H2,1-3H3,(H,25,27)/b10-8+. The lowest BCUT2D eigenvalue weighted by molar-refractivity contribution is -0.116. The minimum absolute atomic E-state index is 0.163. The predicted octanol–water partition coefficient (Wildman–Crippen LogP) is 3.65. The molecule has 0 fully saturated rings. The number of amides is 1. The van der Waals surface area contributed by atoms with Gasteiger partial charge in [-0.3, -0.25) is 9.78 Å². The van der Waals surface area contributed by atoms with Crippen molar-refractivity contribution < 1.29 is 18.8 Å². The molecular weight excluding hydrogens is 382 g/mol. The molecule has 30 heavy (non-hydrogen) atoms. The summed E-state index contributed by atoms with van der Waals surface area (Å²) in [4.78, 5) is 16.3. The molecule has 0 aliphatic heterocycles. The lowest BCUT2D eigenvalue weighted by atomic mass is 10.2. The third-order valence-electron chi connectivity index (χ3n) is 4.57. The number of benzene rings is 1. The van der Waals surface area contributed by atoms with Crippen LogP contribution in [0.4, 0.5) is 0 Å². The molecule has 7 heteroatoms. The minimum Gasteiger partial charge on any atom is -0.493 e. The van der Waals surface area contributed by atoms with Gasteiger partial charge in [-0.1, -0.05) is 17.3 Å². The van der Waals surface area contributed by atoms with Gasteiger partial charge in [0.25, 0.3) is 0 Å². The third kappa shape index (κ3) is 5.70. The second-order valence-electron chi connectivity index (χ2n) is 6.70. The summed E-state index contributed by atoms with van der Waals surface area (Å²) in [6, 6.07) is 11.2. The van der Waals surface area contributed by atoms with Gasteiger partial charge in [0, 0.05) is 30.9 Å². The number of nitrogens with one attached hydrogen (secondary N) is 1. The number of carbonyl (C=O) groups excluding carboxylic acids is 1. The topological polar surface area (TPSA) is 86.5 Å². The van der Waals surface area contributed by atoms with E-state index >= 15 is 0 Å². The van der Waals surface area contributed by atoms with E-state index in [4.69, 9.17) is 14.0 Å². The summed E-state index contributed by atoms with van der Waals surface area (Å²) in [5.74, 6) is 1.76. The van der Waals surface area contributed by atoms with Gasteiger partial charge in [0.05, 0.1) is 18.4 Å². The van der Waals surface area contributed by atoms with Crippen molar-refractivity contribution in [3.05, 3.63) is 76.9 Å². The van der Waals surface area contributed by atoms with Gasteiger partial charge in [-0.2, -0.15) is 0 Å². The first-order valence-electron chi connectivity index (χ1n) is 9.65. The first-order valence-corrected chi connectivity index (χ1v) is 9.65. The summed E-state index contributed by atoms with van der Waals surface area (Å²) in [7, 11) is 1.58. The molecule has 0 spiro atoms. The van der Waals surface area contributed by atoms with E-state index in [1.807, 2.05) is 50.2 Å². The molecule has 0 saturated heterocycles. The van der Waals surface area contributed by atoms with Gasteiger partial charge in [0.2, 0.25) is 5.91 Å². The molecule has 2 aromatic heterocycles. The molecule has 1 N–H and O–H groups in total. The van der Waals surface area contributed by atoms with Crippen molar-refractivity contribution in [3.63, 3.8) is 0 Å². The molecule has 0 atom stereocenters. The number of hydrogen-bond acceptors (Lipinski definition) is 6. The van der Waals surface area contributed by atoms with Gasteiger partial charge < -0.3 is 19.3 Å². The highest BCUT2D eigenvalue weighted by atomic mass is 16.5. The van der Waals surface area contributed by atoms with Crippen LogP contribution in [0.25, 0.3) is 6.08 Å². The number of nitrogens with zero attached hydrogens (tertiary/aromatic N) is 2. The van der Waals surface area contributed by atoms with E-state index in [1.54, 1.807) is 19.4 Å². The van der Waals surface area contributed by atoms with Crippen molar-refractivity contribution >= 4 is 12.0 Å². The molecule has 7 nitrogen and oxygen atoms in total. The fraction of sp³-hybridized carbons (Fsp3) is 0.261. The van der Waals surface area contributed by atoms with Crippen LogP contribution >= 0.6 is 0 Å². The van der Waals surface area contributed by atoms with Crippen LogP contribution < -0.4 is 14.8 Å². The summed E-state index contributed by atoms with van der Waals surface area (Å²) in [6.45, 7) is 4.59. The van der Waals surface area contributed by atoms with E-state index in [2.05, 4.69) is 15.5 Å². The fourth-order valence-corrected chi connectivity index (χ4v) is 2.86. The van der Waals surface area contributed by atoms with E-state index < -0.39 is 0 Å². The highest BCUT2D eigenvalue weighted by Gasteiger charge is 2.12. The number of rotatable bonds is 9. The number of methoxy groups -OCH3 is 1. The Hall–Kier alpha value is -3.61. The Morgan fingerprint density at radius 1 is 1.20 bits per heavy atom. The van der Waals surface area contributed by atoms with E-state index in [0.29, 0.717) is 31.1 Å². The lowest BCUT2D eigenvalue weighted by Gasteiger charge is -2.11. The Labute approximate surface area is 175 Å². The van der Waals surface area contributed by atoms with Crippen molar-refractivity contribution in [1.29, 1.82) is 0 Å². The highest BCUT2D eigenvalue weighted by Crippen LogP contribution is 2.30. The molecule has 3 rings (SSSR count). The third-order valence-corrected chi connectivity index (χ3v) is 4.57. The van der Waals surface area contributed by atoms with Crippen LogP contribution in [0.2, 0.25) is 0 Å². The normalized spacial score (nSPS) is 10.9. The summed E-state index contributed by atoms with van der Waals surface area (Å²) in [6.07, 6.45) is 5.66. The molecule has 1 aromatic carbocycles. The van der Waals surface area contributed by atoms with Crippen molar-refractivity contribution in [2.45, 2.75) is 26.9 Å². The molecule has 0 radical (unpaired) electrons. The number of pyridine rings is 1. The van der Waals surface area contributed by atoms with Crippen LogP contribution in [0, 0.1) is 13.8 Å².